The first-order chi connectivity index (χ1) is 13.0. The highest BCUT2D eigenvalue weighted by molar-refractivity contribution is 5.86. The number of benzene rings is 1. The molecule has 0 saturated carbocycles. The lowest BCUT2D eigenvalue weighted by atomic mass is 9.94. The number of likely N-dealkylation sites (tertiary alicyclic amines) is 1. The molecule has 2 rings (SSSR count). The summed E-state index contributed by atoms with van der Waals surface area (Å²) in [5, 5.41) is 9.71. The summed E-state index contributed by atoms with van der Waals surface area (Å²) < 4.78 is 18.9. The van der Waals surface area contributed by atoms with E-state index in [0.29, 0.717) is 31.7 Å². The summed E-state index contributed by atoms with van der Waals surface area (Å²) in [6.07, 6.45) is 0.159. The molecule has 1 heterocycles. The lowest BCUT2D eigenvalue weighted by molar-refractivity contribution is -0.141. The van der Waals surface area contributed by atoms with E-state index in [2.05, 4.69) is 0 Å². The second-order valence-corrected chi connectivity index (χ2v) is 8.61. The summed E-state index contributed by atoms with van der Waals surface area (Å²) in [6.45, 7) is 10.1. The number of halogens is 1. The third-order valence-corrected chi connectivity index (χ3v) is 4.96. The molecule has 1 fully saturated rings. The van der Waals surface area contributed by atoms with Crippen LogP contribution in [-0.4, -0.2) is 57.7 Å². The smallest absolute Gasteiger partial charge is 0.408 e. The van der Waals surface area contributed by atoms with Crippen LogP contribution in [0.25, 0.3) is 0 Å². The molecule has 2 amide bonds. The normalized spacial score (nSPS) is 16.8. The zero-order valence-electron chi connectivity index (χ0n) is 17.3. The Morgan fingerprint density at radius 2 is 1.71 bits per heavy atom. The van der Waals surface area contributed by atoms with E-state index in [4.69, 9.17) is 4.74 Å². The Bertz CT molecular complexity index is 677. The van der Waals surface area contributed by atoms with Crippen molar-refractivity contribution in [2.75, 3.05) is 13.1 Å². The van der Waals surface area contributed by atoms with Crippen LogP contribution in [0.2, 0.25) is 0 Å². The number of rotatable bonds is 5. The maximum atomic E-state index is 13.2. The highest BCUT2D eigenvalue weighted by atomic mass is 19.1. The van der Waals surface area contributed by atoms with Gasteiger partial charge in [0.15, 0.2) is 0 Å². The van der Waals surface area contributed by atoms with E-state index in [1.807, 2.05) is 13.8 Å². The lowest BCUT2D eigenvalue weighted by Gasteiger charge is -2.43. The molecular formula is C21H31FN2O4. The van der Waals surface area contributed by atoms with Crippen molar-refractivity contribution < 1.29 is 23.8 Å². The first-order valence-electron chi connectivity index (χ1n) is 9.74. The number of carbonyl (C=O) groups excluding carboxylic acids is 1. The molecule has 0 aliphatic carbocycles. The zero-order valence-corrected chi connectivity index (χ0v) is 17.3. The summed E-state index contributed by atoms with van der Waals surface area (Å²) in [6, 6.07) is 5.17. The van der Waals surface area contributed by atoms with E-state index in [-0.39, 0.29) is 23.7 Å². The predicted molar refractivity (Wildman–Crippen MR) is 105 cm³/mol. The van der Waals surface area contributed by atoms with Crippen LogP contribution in [0.3, 0.4) is 0 Å². The fraction of sp³-hybridized carbons (Fsp3) is 0.619. The predicted octanol–water partition coefficient (Wildman–Crippen LogP) is 4.00. The Labute approximate surface area is 166 Å². The Balaban J connectivity index is 2.03. The van der Waals surface area contributed by atoms with Crippen LogP contribution >= 0.6 is 0 Å². The molecule has 6 nitrogen and oxygen atoms in total. The number of nitrogens with zero attached hydrogens (tertiary/aromatic N) is 2. The number of amides is 2. The van der Waals surface area contributed by atoms with Crippen LogP contribution in [-0.2, 0) is 4.79 Å². The molecule has 1 saturated heterocycles. The maximum absolute atomic E-state index is 13.2. The van der Waals surface area contributed by atoms with Gasteiger partial charge in [-0.3, -0.25) is 9.69 Å². The zero-order chi connectivity index (χ0) is 21.1. The molecule has 0 spiro atoms. The van der Waals surface area contributed by atoms with Crippen molar-refractivity contribution >= 4 is 12.0 Å². The van der Waals surface area contributed by atoms with Gasteiger partial charge in [0.25, 0.3) is 0 Å². The number of carbonyl (C=O) groups is 2. The summed E-state index contributed by atoms with van der Waals surface area (Å²) in [5.74, 6) is -0.00563. The van der Waals surface area contributed by atoms with E-state index in [9.17, 15) is 19.1 Å². The molecule has 1 aliphatic rings. The van der Waals surface area contributed by atoms with Crippen molar-refractivity contribution in [2.24, 2.45) is 5.92 Å². The molecule has 156 valence electrons. The van der Waals surface area contributed by atoms with Gasteiger partial charge in [-0.1, -0.05) is 13.8 Å². The molecule has 1 aliphatic heterocycles. The fourth-order valence-electron chi connectivity index (χ4n) is 3.60. The second-order valence-electron chi connectivity index (χ2n) is 8.61. The third-order valence-electron chi connectivity index (χ3n) is 4.96. The van der Waals surface area contributed by atoms with E-state index in [1.54, 1.807) is 37.8 Å². The quantitative estimate of drug-likeness (QED) is 0.820. The van der Waals surface area contributed by atoms with Gasteiger partial charge < -0.3 is 14.7 Å². The monoisotopic (exact) mass is 394 g/mol. The van der Waals surface area contributed by atoms with Crippen molar-refractivity contribution in [1.29, 1.82) is 0 Å². The van der Waals surface area contributed by atoms with Gasteiger partial charge in [-0.05, 0) is 51.0 Å². The Morgan fingerprint density at radius 3 is 2.14 bits per heavy atom. The molecule has 1 atom stereocenters. The second kappa shape index (κ2) is 8.80. The molecule has 1 aromatic rings. The van der Waals surface area contributed by atoms with E-state index in [1.165, 1.54) is 17.0 Å². The fourth-order valence-corrected chi connectivity index (χ4v) is 3.60. The van der Waals surface area contributed by atoms with Crippen LogP contribution in [0, 0.1) is 11.7 Å². The first-order valence-corrected chi connectivity index (χ1v) is 9.74. The van der Waals surface area contributed by atoms with Crippen LogP contribution in [0.5, 0.6) is 5.75 Å². The molecule has 28 heavy (non-hydrogen) atoms. The molecule has 1 N–H and O–H groups in total. The molecule has 0 aromatic heterocycles. The van der Waals surface area contributed by atoms with Gasteiger partial charge in [0.1, 0.15) is 23.7 Å². The SMILES string of the molecule is CC(C)[C@@H](C(=O)N1CCC(Oc2ccc(F)cc2)CC1)N(C(=O)O)C(C)(C)C. The van der Waals surface area contributed by atoms with Gasteiger partial charge in [-0.25, -0.2) is 9.18 Å². The minimum atomic E-state index is -1.09. The standard InChI is InChI=1S/C21H31FN2O4/c1-14(2)18(24(20(26)27)21(3,4)5)19(25)23-12-10-17(11-13-23)28-16-8-6-15(22)7-9-16/h6-9,14,17-18H,10-13H2,1-5H3,(H,26,27)/t18-/m0/s1. The van der Waals surface area contributed by atoms with E-state index >= 15 is 0 Å². The molecule has 0 bridgehead atoms. The van der Waals surface area contributed by atoms with Crippen molar-refractivity contribution in [3.05, 3.63) is 30.1 Å². The van der Waals surface area contributed by atoms with Crippen LogP contribution in [0.4, 0.5) is 9.18 Å². The molecule has 0 unspecified atom stereocenters. The van der Waals surface area contributed by atoms with Crippen LogP contribution < -0.4 is 4.74 Å². The number of hydrogen-bond acceptors (Lipinski definition) is 3. The van der Waals surface area contributed by atoms with Crippen LogP contribution in [0.1, 0.15) is 47.5 Å². The van der Waals surface area contributed by atoms with Crippen LogP contribution in [0.15, 0.2) is 24.3 Å². The first kappa shape index (κ1) is 22.0. The molecule has 7 heteroatoms. The minimum Gasteiger partial charge on any atom is -0.490 e. The van der Waals surface area contributed by atoms with E-state index in [0.717, 1.165) is 0 Å². The lowest BCUT2D eigenvalue weighted by Crippen LogP contribution is -2.60. The van der Waals surface area contributed by atoms with Crippen molar-refractivity contribution in [1.82, 2.24) is 9.80 Å². The van der Waals surface area contributed by atoms with Crippen molar-refractivity contribution in [2.45, 2.75) is 65.1 Å². The summed E-state index contributed by atoms with van der Waals surface area (Å²) in [7, 11) is 0. The molecule has 0 radical (unpaired) electrons. The van der Waals surface area contributed by atoms with Gasteiger partial charge in [0.2, 0.25) is 5.91 Å². The largest absolute Gasteiger partial charge is 0.490 e. The summed E-state index contributed by atoms with van der Waals surface area (Å²) in [5.41, 5.74) is -0.680. The number of hydrogen-bond donors (Lipinski definition) is 1. The summed E-state index contributed by atoms with van der Waals surface area (Å²) >= 11 is 0. The Kier molecular flexibility index (Phi) is 6.91. The third kappa shape index (κ3) is 5.36. The highest BCUT2D eigenvalue weighted by Gasteiger charge is 2.41. The Morgan fingerprint density at radius 1 is 1.18 bits per heavy atom. The number of carboxylic acid groups (broad SMARTS) is 1. The average molecular weight is 394 g/mol. The highest BCUT2D eigenvalue weighted by Crippen LogP contribution is 2.26. The number of piperidine rings is 1. The van der Waals surface area contributed by atoms with Gasteiger partial charge >= 0.3 is 6.09 Å². The molecule has 1 aromatic carbocycles. The van der Waals surface area contributed by atoms with E-state index < -0.39 is 17.7 Å². The topological polar surface area (TPSA) is 70.1 Å². The average Bonchev–Trinajstić information content (AvgIpc) is 2.60. The maximum Gasteiger partial charge on any atom is 0.408 e. The van der Waals surface area contributed by atoms with Gasteiger partial charge in [-0.15, -0.1) is 0 Å². The number of ether oxygens (including phenoxy) is 1. The minimum absolute atomic E-state index is 0.0507. The summed E-state index contributed by atoms with van der Waals surface area (Å²) in [4.78, 5) is 28.0. The van der Waals surface area contributed by atoms with Gasteiger partial charge in [0, 0.05) is 31.5 Å². The van der Waals surface area contributed by atoms with Gasteiger partial charge in [-0.2, -0.15) is 0 Å². The van der Waals surface area contributed by atoms with Crippen molar-refractivity contribution in [3.8, 4) is 5.75 Å². The van der Waals surface area contributed by atoms with Gasteiger partial charge in [0.05, 0.1) is 0 Å². The molecular weight excluding hydrogens is 363 g/mol. The van der Waals surface area contributed by atoms with Crippen molar-refractivity contribution in [3.63, 3.8) is 0 Å². The Hall–Kier alpha value is -2.31.